The largest absolute Gasteiger partial charge is 0.307 e. The molecule has 1 amide bonds. The van der Waals surface area contributed by atoms with E-state index >= 15 is 0 Å². The molecule has 2 N–H and O–H groups in total. The fraction of sp³-hybridized carbons (Fsp3) is 0. The molecule has 1 aromatic heterocycles. The zero-order valence-corrected chi connectivity index (χ0v) is 13.6. The van der Waals surface area contributed by atoms with Crippen molar-refractivity contribution in [1.29, 1.82) is 0 Å². The zero-order valence-electron chi connectivity index (χ0n) is 12.1. The van der Waals surface area contributed by atoms with Crippen LogP contribution in [0.3, 0.4) is 0 Å². The van der Waals surface area contributed by atoms with Gasteiger partial charge in [-0.15, -0.1) is 0 Å². The topological polar surface area (TPSA) is 87.2 Å². The summed E-state index contributed by atoms with van der Waals surface area (Å²) in [6.07, 6.45) is 1.35. The van der Waals surface area contributed by atoms with E-state index in [0.29, 0.717) is 26.5 Å². The lowest BCUT2D eigenvalue weighted by Crippen LogP contribution is -2.24. The number of aromatic amines is 1. The van der Waals surface area contributed by atoms with E-state index in [1.54, 1.807) is 42.5 Å². The molecule has 2 aromatic carbocycles. The fourth-order valence-corrected chi connectivity index (χ4v) is 2.37. The van der Waals surface area contributed by atoms with Gasteiger partial charge in [-0.2, -0.15) is 5.10 Å². The third-order valence-corrected chi connectivity index (χ3v) is 3.74. The number of halogens is 2. The van der Waals surface area contributed by atoms with Crippen molar-refractivity contribution >= 4 is 46.2 Å². The summed E-state index contributed by atoms with van der Waals surface area (Å²) in [4.78, 5) is 30.5. The third-order valence-electron chi connectivity index (χ3n) is 3.16. The molecule has 0 aliphatic carbocycles. The van der Waals surface area contributed by atoms with Crippen LogP contribution in [0.5, 0.6) is 0 Å². The Morgan fingerprint density at radius 1 is 1.21 bits per heavy atom. The van der Waals surface area contributed by atoms with E-state index in [4.69, 9.17) is 23.2 Å². The van der Waals surface area contributed by atoms with Crippen LogP contribution in [-0.4, -0.2) is 22.1 Å². The van der Waals surface area contributed by atoms with E-state index < -0.39 is 11.5 Å². The maximum Gasteiger partial charge on any atom is 0.307 e. The number of hydrogen-bond acceptors (Lipinski definition) is 4. The van der Waals surface area contributed by atoms with Gasteiger partial charge in [0.25, 0.3) is 5.56 Å². The molecule has 120 valence electrons. The number of aromatic nitrogens is 2. The monoisotopic (exact) mass is 360 g/mol. The van der Waals surface area contributed by atoms with E-state index in [1.165, 1.54) is 6.21 Å². The van der Waals surface area contributed by atoms with Crippen molar-refractivity contribution in [3.05, 3.63) is 74.3 Å². The number of fused-ring (bicyclic) bond motifs is 1. The van der Waals surface area contributed by atoms with Crippen LogP contribution in [0.1, 0.15) is 16.2 Å². The first kappa shape index (κ1) is 16.2. The van der Waals surface area contributed by atoms with Crippen LogP contribution in [0.15, 0.2) is 52.4 Å². The maximum atomic E-state index is 12.1. The highest BCUT2D eigenvalue weighted by Crippen LogP contribution is 2.18. The molecule has 0 aliphatic rings. The Morgan fingerprint density at radius 3 is 2.83 bits per heavy atom. The van der Waals surface area contributed by atoms with Crippen molar-refractivity contribution < 1.29 is 4.79 Å². The van der Waals surface area contributed by atoms with Crippen molar-refractivity contribution in [2.45, 2.75) is 0 Å². The van der Waals surface area contributed by atoms with Crippen LogP contribution in [-0.2, 0) is 0 Å². The number of hydrogen-bond donors (Lipinski definition) is 2. The smallest absolute Gasteiger partial charge is 0.302 e. The van der Waals surface area contributed by atoms with Gasteiger partial charge in [0.2, 0.25) is 5.82 Å². The first-order valence-electron chi connectivity index (χ1n) is 6.82. The molecule has 0 atom stereocenters. The highest BCUT2D eigenvalue weighted by Gasteiger charge is 2.10. The highest BCUT2D eigenvalue weighted by atomic mass is 35.5. The van der Waals surface area contributed by atoms with Gasteiger partial charge >= 0.3 is 5.91 Å². The van der Waals surface area contributed by atoms with Crippen molar-refractivity contribution in [2.75, 3.05) is 0 Å². The number of amides is 1. The van der Waals surface area contributed by atoms with Crippen molar-refractivity contribution in [2.24, 2.45) is 5.10 Å². The van der Waals surface area contributed by atoms with Gasteiger partial charge in [-0.1, -0.05) is 35.3 Å². The minimum Gasteiger partial charge on any atom is -0.302 e. The highest BCUT2D eigenvalue weighted by molar-refractivity contribution is 6.35. The second-order valence-electron chi connectivity index (χ2n) is 4.80. The van der Waals surface area contributed by atoms with Crippen LogP contribution < -0.4 is 11.0 Å². The number of carbonyl (C=O) groups is 1. The van der Waals surface area contributed by atoms with Gasteiger partial charge in [0.05, 0.1) is 17.1 Å². The average molecular weight is 361 g/mol. The summed E-state index contributed by atoms with van der Waals surface area (Å²) in [5.74, 6) is -0.778. The Balaban J connectivity index is 1.81. The first-order valence-corrected chi connectivity index (χ1v) is 7.58. The molecular weight excluding hydrogens is 351 g/mol. The number of carbonyl (C=O) groups excluding carboxylic acids is 1. The summed E-state index contributed by atoms with van der Waals surface area (Å²) in [5.41, 5.74) is 2.86. The van der Waals surface area contributed by atoms with Gasteiger partial charge in [-0.05, 0) is 30.3 Å². The van der Waals surface area contributed by atoms with Crippen LogP contribution in [0.4, 0.5) is 0 Å². The Morgan fingerprint density at radius 2 is 2.00 bits per heavy atom. The molecule has 0 saturated heterocycles. The molecule has 3 aromatic rings. The van der Waals surface area contributed by atoms with Crippen molar-refractivity contribution in [1.82, 2.24) is 15.4 Å². The predicted molar refractivity (Wildman–Crippen MR) is 93.9 cm³/mol. The van der Waals surface area contributed by atoms with Gasteiger partial charge in [0.15, 0.2) is 0 Å². The van der Waals surface area contributed by atoms with E-state index in [0.717, 1.165) is 0 Å². The number of H-pyrrole nitrogens is 1. The quantitative estimate of drug-likeness (QED) is 0.555. The standard InChI is InChI=1S/C16H10Cl2N4O2/c17-10-5-6-12(18)9(7-10)8-19-22-16(24)14-20-13-4-2-1-3-11(13)15(23)21-14/h1-8H,(H,22,24)(H,20,21,23). The number of para-hydroxylation sites is 1. The molecule has 6 nitrogen and oxygen atoms in total. The Labute approximate surface area is 146 Å². The molecule has 0 radical (unpaired) electrons. The molecule has 0 spiro atoms. The normalized spacial score (nSPS) is 11.1. The lowest BCUT2D eigenvalue weighted by atomic mass is 10.2. The summed E-state index contributed by atoms with van der Waals surface area (Å²) in [6.45, 7) is 0. The zero-order chi connectivity index (χ0) is 17.1. The number of rotatable bonds is 3. The molecule has 0 saturated carbocycles. The third kappa shape index (κ3) is 3.45. The average Bonchev–Trinajstić information content (AvgIpc) is 2.58. The van der Waals surface area contributed by atoms with Gasteiger partial charge in [-0.25, -0.2) is 10.4 Å². The molecule has 8 heteroatoms. The van der Waals surface area contributed by atoms with Crippen LogP contribution in [0, 0.1) is 0 Å². The van der Waals surface area contributed by atoms with E-state index in [-0.39, 0.29) is 5.82 Å². The molecular formula is C16H10Cl2N4O2. The molecule has 1 heterocycles. The van der Waals surface area contributed by atoms with Gasteiger partial charge < -0.3 is 4.98 Å². The van der Waals surface area contributed by atoms with Crippen LogP contribution in [0.25, 0.3) is 10.9 Å². The molecule has 3 rings (SSSR count). The van der Waals surface area contributed by atoms with Gasteiger partial charge in [-0.3, -0.25) is 9.59 Å². The number of hydrazone groups is 1. The van der Waals surface area contributed by atoms with Gasteiger partial charge in [0.1, 0.15) is 0 Å². The number of nitrogens with one attached hydrogen (secondary N) is 2. The second kappa shape index (κ2) is 6.82. The Bertz CT molecular complexity index is 1010. The van der Waals surface area contributed by atoms with E-state index in [1.807, 2.05) is 0 Å². The lowest BCUT2D eigenvalue weighted by molar-refractivity contribution is 0.0945. The summed E-state index contributed by atoms with van der Waals surface area (Å²) < 4.78 is 0. The van der Waals surface area contributed by atoms with E-state index in [9.17, 15) is 9.59 Å². The lowest BCUT2D eigenvalue weighted by Gasteiger charge is -2.02. The summed E-state index contributed by atoms with van der Waals surface area (Å²) >= 11 is 11.9. The predicted octanol–water partition coefficient (Wildman–Crippen LogP) is 2.99. The summed E-state index contributed by atoms with van der Waals surface area (Å²) in [5, 5.41) is 5.14. The molecule has 0 fully saturated rings. The minimum atomic E-state index is -0.646. The van der Waals surface area contributed by atoms with Crippen molar-refractivity contribution in [3.63, 3.8) is 0 Å². The molecule has 24 heavy (non-hydrogen) atoms. The van der Waals surface area contributed by atoms with Crippen LogP contribution in [0.2, 0.25) is 10.0 Å². The second-order valence-corrected chi connectivity index (χ2v) is 5.64. The molecule has 0 unspecified atom stereocenters. The van der Waals surface area contributed by atoms with Crippen LogP contribution >= 0.6 is 23.2 Å². The minimum absolute atomic E-state index is 0.131. The maximum absolute atomic E-state index is 12.1. The Kier molecular flexibility index (Phi) is 4.59. The number of nitrogens with zero attached hydrogens (tertiary/aromatic N) is 2. The van der Waals surface area contributed by atoms with E-state index in [2.05, 4.69) is 20.5 Å². The first-order chi connectivity index (χ1) is 11.5. The molecule has 0 bridgehead atoms. The Hall–Kier alpha value is -2.70. The van der Waals surface area contributed by atoms with Crippen molar-refractivity contribution in [3.8, 4) is 0 Å². The fourth-order valence-electron chi connectivity index (χ4n) is 2.02. The molecule has 0 aliphatic heterocycles. The van der Waals surface area contributed by atoms with Gasteiger partial charge in [0, 0.05) is 15.6 Å². The SMILES string of the molecule is O=C(NN=Cc1cc(Cl)ccc1Cl)c1nc2ccccc2c(=O)[nH]1. The number of benzene rings is 2. The summed E-state index contributed by atoms with van der Waals surface area (Å²) in [7, 11) is 0. The summed E-state index contributed by atoms with van der Waals surface area (Å²) in [6, 6.07) is 11.6.